The number of halogens is 1. The maximum Gasteiger partial charge on any atom is 0.318 e. The Morgan fingerprint density at radius 2 is 1.94 bits per heavy atom. The average Bonchev–Trinajstić information content (AvgIpc) is 3.45. The monoisotopic (exact) mass is 434 g/mol. The molecule has 0 saturated carbocycles. The first-order valence-electron chi connectivity index (χ1n) is 11.1. The molecule has 0 unspecified atom stereocenters. The average molecular weight is 435 g/mol. The van der Waals surface area contributed by atoms with Crippen molar-refractivity contribution in [3.05, 3.63) is 88.5 Å². The van der Waals surface area contributed by atoms with Crippen molar-refractivity contribution in [1.82, 2.24) is 19.8 Å². The van der Waals surface area contributed by atoms with Crippen LogP contribution >= 0.6 is 11.6 Å². The molecule has 0 radical (unpaired) electrons. The maximum absolute atomic E-state index is 13.3. The quantitative estimate of drug-likeness (QED) is 0.588. The van der Waals surface area contributed by atoms with Crippen molar-refractivity contribution < 1.29 is 4.79 Å². The summed E-state index contributed by atoms with van der Waals surface area (Å²) in [5, 5.41) is 4.05. The first-order chi connectivity index (χ1) is 15.2. The number of urea groups is 1. The molecule has 2 heterocycles. The molecule has 2 amide bonds. The van der Waals surface area contributed by atoms with Crippen LogP contribution in [0, 0.1) is 0 Å². The first kappa shape index (κ1) is 20.1. The molecule has 1 fully saturated rings. The van der Waals surface area contributed by atoms with E-state index in [4.69, 9.17) is 11.6 Å². The van der Waals surface area contributed by atoms with E-state index in [1.807, 2.05) is 41.6 Å². The Bertz CT molecular complexity index is 1060. The Kier molecular flexibility index (Phi) is 5.68. The molecule has 0 bridgehead atoms. The smallest absolute Gasteiger partial charge is 0.318 e. The van der Waals surface area contributed by atoms with Gasteiger partial charge in [0.05, 0.1) is 12.1 Å². The van der Waals surface area contributed by atoms with Crippen LogP contribution in [-0.2, 0) is 13.0 Å². The molecule has 1 aliphatic heterocycles. The lowest BCUT2D eigenvalue weighted by molar-refractivity contribution is 0.184. The molecule has 1 aliphatic carbocycles. The van der Waals surface area contributed by atoms with Gasteiger partial charge in [-0.05, 0) is 60.9 Å². The van der Waals surface area contributed by atoms with Crippen molar-refractivity contribution in [3.8, 4) is 0 Å². The number of amides is 2. The molecule has 1 N–H and O–H groups in total. The van der Waals surface area contributed by atoms with Crippen molar-refractivity contribution >= 4 is 17.6 Å². The van der Waals surface area contributed by atoms with Crippen LogP contribution in [0.4, 0.5) is 4.79 Å². The van der Waals surface area contributed by atoms with Gasteiger partial charge in [-0.15, -0.1) is 0 Å². The highest BCUT2D eigenvalue weighted by atomic mass is 35.5. The molecule has 3 aromatic rings. The van der Waals surface area contributed by atoms with Gasteiger partial charge in [-0.1, -0.05) is 48.0 Å². The van der Waals surface area contributed by atoms with Crippen LogP contribution in [-0.4, -0.2) is 27.0 Å². The number of hydrogen-bond donors (Lipinski definition) is 1. The molecule has 2 atom stereocenters. The molecule has 31 heavy (non-hydrogen) atoms. The van der Waals surface area contributed by atoms with Gasteiger partial charge in [-0.2, -0.15) is 0 Å². The van der Waals surface area contributed by atoms with E-state index in [1.165, 1.54) is 11.1 Å². The van der Waals surface area contributed by atoms with Crippen LogP contribution in [0.2, 0.25) is 5.02 Å². The summed E-state index contributed by atoms with van der Waals surface area (Å²) in [5.74, 6) is 0.951. The summed E-state index contributed by atoms with van der Waals surface area (Å²) < 4.78 is 2.15. The second-order valence-corrected chi connectivity index (χ2v) is 8.92. The first-order valence-corrected chi connectivity index (χ1v) is 11.5. The number of carbonyl (C=O) groups excluding carboxylic acids is 1. The summed E-state index contributed by atoms with van der Waals surface area (Å²) in [6.07, 6.45) is 8.95. The predicted molar refractivity (Wildman–Crippen MR) is 122 cm³/mol. The molecular formula is C25H27ClN4O. The van der Waals surface area contributed by atoms with Crippen LogP contribution in [0.25, 0.3) is 0 Å². The minimum atomic E-state index is 0.00105. The number of likely N-dealkylation sites (tertiary alicyclic amines) is 1. The van der Waals surface area contributed by atoms with Gasteiger partial charge in [0.15, 0.2) is 0 Å². The molecule has 1 aromatic heterocycles. The van der Waals surface area contributed by atoms with Gasteiger partial charge in [0, 0.05) is 30.5 Å². The maximum atomic E-state index is 13.3. The van der Waals surface area contributed by atoms with Crippen molar-refractivity contribution in [1.29, 1.82) is 0 Å². The van der Waals surface area contributed by atoms with Crippen molar-refractivity contribution in [2.24, 2.45) is 0 Å². The third kappa shape index (κ3) is 4.19. The lowest BCUT2D eigenvalue weighted by Crippen LogP contribution is -2.42. The van der Waals surface area contributed by atoms with Crippen molar-refractivity contribution in [2.45, 2.75) is 50.7 Å². The number of benzene rings is 2. The van der Waals surface area contributed by atoms with E-state index in [-0.39, 0.29) is 18.1 Å². The number of aromatic nitrogens is 2. The Morgan fingerprint density at radius 3 is 2.81 bits per heavy atom. The number of carbonyl (C=O) groups is 1. The summed E-state index contributed by atoms with van der Waals surface area (Å²) in [6, 6.07) is 16.5. The number of aryl methyl sites for hydroxylation is 1. The Morgan fingerprint density at radius 1 is 1.10 bits per heavy atom. The highest BCUT2D eigenvalue weighted by Gasteiger charge is 2.34. The van der Waals surface area contributed by atoms with Crippen LogP contribution < -0.4 is 5.32 Å². The summed E-state index contributed by atoms with van der Waals surface area (Å²) in [6.45, 7) is 1.48. The molecular weight excluding hydrogens is 408 g/mol. The van der Waals surface area contributed by atoms with E-state index in [0.717, 1.165) is 55.1 Å². The van der Waals surface area contributed by atoms with Crippen LogP contribution in [0.1, 0.15) is 60.3 Å². The summed E-state index contributed by atoms with van der Waals surface area (Å²) in [7, 11) is 0. The summed E-state index contributed by atoms with van der Waals surface area (Å²) >= 11 is 6.02. The van der Waals surface area contributed by atoms with E-state index in [9.17, 15) is 4.79 Å². The van der Waals surface area contributed by atoms with Crippen LogP contribution in [0.5, 0.6) is 0 Å². The molecule has 2 aliphatic rings. The zero-order chi connectivity index (χ0) is 21.2. The molecule has 5 nitrogen and oxygen atoms in total. The van der Waals surface area contributed by atoms with E-state index >= 15 is 0 Å². The van der Waals surface area contributed by atoms with Gasteiger partial charge in [0.2, 0.25) is 0 Å². The highest BCUT2D eigenvalue weighted by Crippen LogP contribution is 2.34. The highest BCUT2D eigenvalue weighted by molar-refractivity contribution is 6.30. The minimum Gasteiger partial charge on any atom is -0.331 e. The number of nitrogens with one attached hydrogen (secondary N) is 1. The molecule has 6 heteroatoms. The fraction of sp³-hybridized carbons (Fsp3) is 0.360. The summed E-state index contributed by atoms with van der Waals surface area (Å²) in [5.41, 5.74) is 3.79. The largest absolute Gasteiger partial charge is 0.331 e. The minimum absolute atomic E-state index is 0.00105. The number of rotatable bonds is 4. The van der Waals surface area contributed by atoms with Crippen LogP contribution in [0.3, 0.4) is 0 Å². The van der Waals surface area contributed by atoms with E-state index in [0.29, 0.717) is 6.54 Å². The Balaban J connectivity index is 1.32. The third-order valence-corrected chi connectivity index (χ3v) is 6.74. The topological polar surface area (TPSA) is 50.2 Å². The molecule has 5 rings (SSSR count). The SMILES string of the molecule is O=C(N[C@H]1CCCc2ccccc21)N1CCC[C@@H]1c1nccn1Cc1ccc(Cl)cc1. The molecule has 1 saturated heterocycles. The Labute approximate surface area is 188 Å². The molecule has 0 spiro atoms. The standard InChI is InChI=1S/C25H27ClN4O/c26-20-12-10-18(11-13-20)17-29-16-14-27-24(29)23-9-4-15-30(23)25(31)28-22-8-3-6-19-5-1-2-7-21(19)22/h1-2,5,7,10-14,16,22-23H,3-4,6,8-9,15,17H2,(H,28,31)/t22-,23+/m0/s1. The molecule has 160 valence electrons. The molecule has 2 aromatic carbocycles. The van der Waals surface area contributed by atoms with Gasteiger partial charge in [0.25, 0.3) is 0 Å². The van der Waals surface area contributed by atoms with Gasteiger partial charge in [0.1, 0.15) is 5.82 Å². The normalized spacial score (nSPS) is 20.5. The van der Waals surface area contributed by atoms with Gasteiger partial charge in [-0.25, -0.2) is 9.78 Å². The zero-order valence-corrected chi connectivity index (χ0v) is 18.3. The lowest BCUT2D eigenvalue weighted by Gasteiger charge is -2.31. The van der Waals surface area contributed by atoms with Gasteiger partial charge in [-0.3, -0.25) is 0 Å². The second kappa shape index (κ2) is 8.75. The second-order valence-electron chi connectivity index (χ2n) is 8.48. The Hall–Kier alpha value is -2.79. The number of hydrogen-bond acceptors (Lipinski definition) is 2. The number of imidazole rings is 1. The lowest BCUT2D eigenvalue weighted by atomic mass is 9.88. The van der Waals surface area contributed by atoms with Crippen LogP contribution in [0.15, 0.2) is 60.9 Å². The fourth-order valence-corrected chi connectivity index (χ4v) is 5.08. The predicted octanol–water partition coefficient (Wildman–Crippen LogP) is 5.51. The summed E-state index contributed by atoms with van der Waals surface area (Å²) in [4.78, 5) is 19.9. The zero-order valence-electron chi connectivity index (χ0n) is 17.5. The number of fused-ring (bicyclic) bond motifs is 1. The van der Waals surface area contributed by atoms with Gasteiger partial charge >= 0.3 is 6.03 Å². The van der Waals surface area contributed by atoms with E-state index in [1.54, 1.807) is 0 Å². The van der Waals surface area contributed by atoms with E-state index < -0.39 is 0 Å². The van der Waals surface area contributed by atoms with Crippen molar-refractivity contribution in [2.75, 3.05) is 6.54 Å². The van der Waals surface area contributed by atoms with E-state index in [2.05, 4.69) is 39.1 Å². The van der Waals surface area contributed by atoms with Gasteiger partial charge < -0.3 is 14.8 Å². The number of nitrogens with zero attached hydrogens (tertiary/aromatic N) is 3. The fourth-order valence-electron chi connectivity index (χ4n) is 4.95. The van der Waals surface area contributed by atoms with Crippen molar-refractivity contribution in [3.63, 3.8) is 0 Å². The third-order valence-electron chi connectivity index (χ3n) is 6.49.